The minimum Gasteiger partial charge on any atom is -0.473 e. The molecule has 5 heteroatoms. The molecule has 0 saturated heterocycles. The molecule has 5 nitrogen and oxygen atoms in total. The molecular formula is C24H24N4O. The van der Waals surface area contributed by atoms with E-state index in [1.807, 2.05) is 24.3 Å². The molecule has 0 radical (unpaired) electrons. The van der Waals surface area contributed by atoms with Crippen molar-refractivity contribution in [3.05, 3.63) is 72.2 Å². The van der Waals surface area contributed by atoms with Crippen molar-refractivity contribution in [2.45, 2.75) is 32.9 Å². The van der Waals surface area contributed by atoms with E-state index in [2.05, 4.69) is 47.3 Å². The maximum absolute atomic E-state index is 5.98. The molecule has 3 aromatic heterocycles. The van der Waals surface area contributed by atoms with E-state index in [0.29, 0.717) is 12.5 Å². The molecule has 1 aromatic carbocycles. The highest BCUT2D eigenvalue weighted by Gasteiger charge is 2.25. The molecule has 0 aliphatic heterocycles. The first-order chi connectivity index (χ1) is 14.2. The minimum atomic E-state index is 0.511. The van der Waals surface area contributed by atoms with Gasteiger partial charge in [-0.25, -0.2) is 4.98 Å². The fourth-order valence-corrected chi connectivity index (χ4v) is 3.69. The summed E-state index contributed by atoms with van der Waals surface area (Å²) in [5.41, 5.74) is 5.19. The topological polar surface area (TPSA) is 55.7 Å². The van der Waals surface area contributed by atoms with Gasteiger partial charge in [0.05, 0.1) is 5.69 Å². The fraction of sp³-hybridized carbons (Fsp3) is 0.250. The first-order valence-corrected chi connectivity index (χ1v) is 10.1. The molecule has 0 bridgehead atoms. The normalized spacial score (nSPS) is 13.7. The van der Waals surface area contributed by atoms with E-state index in [1.54, 1.807) is 6.08 Å². The summed E-state index contributed by atoms with van der Waals surface area (Å²) in [6.07, 6.45) is 4.31. The smallest absolute Gasteiger partial charge is 0.215 e. The summed E-state index contributed by atoms with van der Waals surface area (Å²) in [5.74, 6) is 2.16. The summed E-state index contributed by atoms with van der Waals surface area (Å²) in [6, 6.07) is 16.4. The lowest BCUT2D eigenvalue weighted by Gasteiger charge is -2.10. The third-order valence-electron chi connectivity index (χ3n) is 5.42. The first kappa shape index (κ1) is 17.7. The number of pyridine rings is 1. The molecule has 3 heterocycles. The SMILES string of the molecule is C=Cc1nc(-c2cc3ccc(OCc4ccccc4)nc3n2CC2CC2)c(C)[nH]1. The molecule has 1 fully saturated rings. The van der Waals surface area contributed by atoms with Crippen molar-refractivity contribution in [3.63, 3.8) is 0 Å². The van der Waals surface area contributed by atoms with Gasteiger partial charge in [0.15, 0.2) is 0 Å². The number of hydrogen-bond acceptors (Lipinski definition) is 3. The Hall–Kier alpha value is -3.34. The van der Waals surface area contributed by atoms with Gasteiger partial charge in [-0.1, -0.05) is 36.9 Å². The van der Waals surface area contributed by atoms with E-state index < -0.39 is 0 Å². The van der Waals surface area contributed by atoms with Gasteiger partial charge in [-0.2, -0.15) is 4.98 Å². The van der Waals surface area contributed by atoms with Gasteiger partial charge < -0.3 is 14.3 Å². The number of fused-ring (bicyclic) bond motifs is 1. The molecule has 5 rings (SSSR count). The van der Waals surface area contributed by atoms with Crippen molar-refractivity contribution in [1.29, 1.82) is 0 Å². The second kappa shape index (κ2) is 7.24. The summed E-state index contributed by atoms with van der Waals surface area (Å²) in [6.45, 7) is 7.35. The summed E-state index contributed by atoms with van der Waals surface area (Å²) < 4.78 is 8.28. The van der Waals surface area contributed by atoms with Gasteiger partial charge in [0.2, 0.25) is 5.88 Å². The summed E-state index contributed by atoms with van der Waals surface area (Å²) in [4.78, 5) is 12.9. The van der Waals surface area contributed by atoms with Crippen LogP contribution in [0.5, 0.6) is 5.88 Å². The number of benzene rings is 1. The molecule has 146 valence electrons. The van der Waals surface area contributed by atoms with Crippen molar-refractivity contribution in [3.8, 4) is 17.3 Å². The second-order valence-corrected chi connectivity index (χ2v) is 7.72. The van der Waals surface area contributed by atoms with Gasteiger partial charge in [0.25, 0.3) is 0 Å². The Balaban J connectivity index is 1.53. The van der Waals surface area contributed by atoms with Crippen molar-refractivity contribution >= 4 is 17.1 Å². The highest BCUT2D eigenvalue weighted by Crippen LogP contribution is 2.36. The van der Waals surface area contributed by atoms with Crippen LogP contribution >= 0.6 is 0 Å². The summed E-state index contributed by atoms with van der Waals surface area (Å²) in [7, 11) is 0. The second-order valence-electron chi connectivity index (χ2n) is 7.72. The third-order valence-corrected chi connectivity index (χ3v) is 5.42. The van der Waals surface area contributed by atoms with E-state index in [1.165, 1.54) is 12.8 Å². The van der Waals surface area contributed by atoms with Crippen LogP contribution in [-0.2, 0) is 13.2 Å². The highest BCUT2D eigenvalue weighted by molar-refractivity contribution is 5.84. The number of imidazole rings is 1. The predicted octanol–water partition coefficient (Wildman–Crippen LogP) is 5.37. The minimum absolute atomic E-state index is 0.511. The zero-order chi connectivity index (χ0) is 19.8. The van der Waals surface area contributed by atoms with Crippen LogP contribution in [0.3, 0.4) is 0 Å². The van der Waals surface area contributed by atoms with Crippen LogP contribution in [0.15, 0.2) is 55.1 Å². The molecular weight excluding hydrogens is 360 g/mol. The van der Waals surface area contributed by atoms with E-state index >= 15 is 0 Å². The lowest BCUT2D eigenvalue weighted by molar-refractivity contribution is 0.294. The fourth-order valence-electron chi connectivity index (χ4n) is 3.69. The molecule has 1 N–H and O–H groups in total. The number of nitrogens with one attached hydrogen (secondary N) is 1. The number of ether oxygens (including phenoxy) is 1. The van der Waals surface area contributed by atoms with Crippen molar-refractivity contribution in [2.75, 3.05) is 0 Å². The number of H-pyrrole nitrogens is 1. The lowest BCUT2D eigenvalue weighted by Crippen LogP contribution is -2.04. The molecule has 4 aromatic rings. The molecule has 1 saturated carbocycles. The zero-order valence-corrected chi connectivity index (χ0v) is 16.6. The Morgan fingerprint density at radius 1 is 1.17 bits per heavy atom. The monoisotopic (exact) mass is 384 g/mol. The van der Waals surface area contributed by atoms with Gasteiger partial charge in [-0.3, -0.25) is 0 Å². The Bertz CT molecular complexity index is 1170. The molecule has 1 aliphatic rings. The maximum Gasteiger partial charge on any atom is 0.215 e. The molecule has 1 aliphatic carbocycles. The Kier molecular flexibility index (Phi) is 4.43. The van der Waals surface area contributed by atoms with Crippen LogP contribution in [0.4, 0.5) is 0 Å². The lowest BCUT2D eigenvalue weighted by atomic mass is 10.2. The quantitative estimate of drug-likeness (QED) is 0.466. The maximum atomic E-state index is 5.98. The van der Waals surface area contributed by atoms with Gasteiger partial charge in [-0.15, -0.1) is 0 Å². The largest absolute Gasteiger partial charge is 0.473 e. The number of nitrogens with zero attached hydrogens (tertiary/aromatic N) is 3. The number of aromatic amines is 1. The third kappa shape index (κ3) is 3.56. The average molecular weight is 384 g/mol. The van der Waals surface area contributed by atoms with E-state index in [-0.39, 0.29) is 0 Å². The van der Waals surface area contributed by atoms with Crippen LogP contribution in [0.25, 0.3) is 28.5 Å². The number of aromatic nitrogens is 4. The van der Waals surface area contributed by atoms with Crippen LogP contribution in [0.2, 0.25) is 0 Å². The van der Waals surface area contributed by atoms with Crippen LogP contribution < -0.4 is 4.74 Å². The summed E-state index contributed by atoms with van der Waals surface area (Å²) in [5, 5.41) is 1.11. The molecule has 29 heavy (non-hydrogen) atoms. The Labute approximate surface area is 170 Å². The molecule has 0 atom stereocenters. The van der Waals surface area contributed by atoms with Crippen molar-refractivity contribution in [1.82, 2.24) is 19.5 Å². The van der Waals surface area contributed by atoms with Crippen molar-refractivity contribution in [2.24, 2.45) is 5.92 Å². The predicted molar refractivity (Wildman–Crippen MR) is 116 cm³/mol. The van der Waals surface area contributed by atoms with Crippen molar-refractivity contribution < 1.29 is 4.74 Å². The number of aryl methyl sites for hydroxylation is 1. The summed E-state index contributed by atoms with van der Waals surface area (Å²) >= 11 is 0. The first-order valence-electron chi connectivity index (χ1n) is 10.1. The Morgan fingerprint density at radius 2 is 2.00 bits per heavy atom. The van der Waals surface area contributed by atoms with E-state index in [0.717, 1.165) is 52.0 Å². The van der Waals surface area contributed by atoms with E-state index in [4.69, 9.17) is 14.7 Å². The number of hydrogen-bond donors (Lipinski definition) is 1. The average Bonchev–Trinajstić information content (AvgIpc) is 3.40. The number of rotatable bonds is 7. The van der Waals surface area contributed by atoms with Gasteiger partial charge >= 0.3 is 0 Å². The van der Waals surface area contributed by atoms with E-state index in [9.17, 15) is 0 Å². The van der Waals surface area contributed by atoms with Crippen LogP contribution in [0, 0.1) is 12.8 Å². The van der Waals surface area contributed by atoms with Gasteiger partial charge in [0, 0.05) is 23.7 Å². The zero-order valence-electron chi connectivity index (χ0n) is 16.6. The molecule has 0 spiro atoms. The van der Waals surface area contributed by atoms with Crippen LogP contribution in [-0.4, -0.2) is 19.5 Å². The molecule has 0 unspecified atom stereocenters. The Morgan fingerprint density at radius 3 is 2.72 bits per heavy atom. The van der Waals surface area contributed by atoms with Gasteiger partial charge in [0.1, 0.15) is 23.8 Å². The van der Waals surface area contributed by atoms with Crippen LogP contribution in [0.1, 0.15) is 29.9 Å². The van der Waals surface area contributed by atoms with Gasteiger partial charge in [-0.05, 0) is 49.5 Å². The highest BCUT2D eigenvalue weighted by atomic mass is 16.5. The standard InChI is InChI=1S/C24H24N4O/c1-3-21-25-16(2)23(26-21)20-13-19-11-12-22(29-15-18-7-5-4-6-8-18)27-24(19)28(20)14-17-9-10-17/h3-8,11-13,17H,1,9-10,14-15H2,2H3,(H,25,26). The molecule has 0 amide bonds.